The molecule has 3 N–H and O–H groups in total. The highest BCUT2D eigenvalue weighted by Gasteiger charge is 2.27. The first kappa shape index (κ1) is 12.4. The van der Waals surface area contributed by atoms with Crippen LogP contribution in [0.3, 0.4) is 0 Å². The van der Waals surface area contributed by atoms with E-state index in [2.05, 4.69) is 0 Å². The number of carbonyl (C=O) groups is 1. The predicted octanol–water partition coefficient (Wildman–Crippen LogP) is -0.101. The van der Waals surface area contributed by atoms with Crippen molar-refractivity contribution in [3.05, 3.63) is 0 Å². The molecule has 2 unspecified atom stereocenters. The Morgan fingerprint density at radius 3 is 3.07 bits per heavy atom. The Labute approximate surface area is 90.2 Å². The first-order chi connectivity index (χ1) is 7.15. The van der Waals surface area contributed by atoms with Crippen molar-refractivity contribution in [3.8, 4) is 0 Å². The molecule has 0 aromatic heterocycles. The Morgan fingerprint density at radius 2 is 2.47 bits per heavy atom. The fourth-order valence-electron chi connectivity index (χ4n) is 1.93. The zero-order chi connectivity index (χ0) is 11.3. The molecular weight excluding hydrogens is 196 g/mol. The van der Waals surface area contributed by atoms with Crippen LogP contribution in [-0.2, 0) is 9.53 Å². The average Bonchev–Trinajstić information content (AvgIpc) is 2.38. The van der Waals surface area contributed by atoms with E-state index >= 15 is 0 Å². The highest BCUT2D eigenvalue weighted by Crippen LogP contribution is 2.11. The Kier molecular flexibility index (Phi) is 5.01. The minimum atomic E-state index is -0.783. The van der Waals surface area contributed by atoms with Crippen LogP contribution < -0.4 is 5.73 Å². The van der Waals surface area contributed by atoms with Crippen molar-refractivity contribution in [2.24, 2.45) is 5.73 Å². The van der Waals surface area contributed by atoms with Gasteiger partial charge < -0.3 is 15.6 Å². The number of ether oxygens (including phenoxy) is 1. The smallest absolute Gasteiger partial charge is 0.320 e. The second kappa shape index (κ2) is 6.05. The number of carboxylic acids is 1. The summed E-state index contributed by atoms with van der Waals surface area (Å²) in [6, 6.07) is -0.459. The molecule has 88 valence electrons. The van der Waals surface area contributed by atoms with Crippen molar-refractivity contribution in [3.63, 3.8) is 0 Å². The largest absolute Gasteiger partial charge is 0.480 e. The SMILES string of the molecule is CC1CN(C(CCN)C(=O)O)CCCO1. The molecule has 0 saturated carbocycles. The molecule has 0 aliphatic carbocycles. The van der Waals surface area contributed by atoms with Gasteiger partial charge in [0.05, 0.1) is 6.10 Å². The van der Waals surface area contributed by atoms with Crippen LogP contribution in [0.4, 0.5) is 0 Å². The first-order valence-corrected chi connectivity index (χ1v) is 5.43. The summed E-state index contributed by atoms with van der Waals surface area (Å²) in [4.78, 5) is 13.0. The van der Waals surface area contributed by atoms with Gasteiger partial charge in [-0.2, -0.15) is 0 Å². The van der Waals surface area contributed by atoms with Crippen LogP contribution in [0.2, 0.25) is 0 Å². The molecule has 1 aliphatic heterocycles. The lowest BCUT2D eigenvalue weighted by molar-refractivity contribution is -0.143. The number of nitrogens with zero attached hydrogens (tertiary/aromatic N) is 1. The Balaban J connectivity index is 2.59. The molecule has 0 aromatic rings. The third kappa shape index (κ3) is 3.77. The number of nitrogens with two attached hydrogens (primary N) is 1. The molecule has 0 bridgehead atoms. The van der Waals surface area contributed by atoms with E-state index in [0.717, 1.165) is 13.0 Å². The Hall–Kier alpha value is -0.650. The van der Waals surface area contributed by atoms with Gasteiger partial charge in [-0.05, 0) is 26.3 Å². The van der Waals surface area contributed by atoms with Crippen molar-refractivity contribution >= 4 is 5.97 Å². The maximum absolute atomic E-state index is 11.1. The zero-order valence-corrected chi connectivity index (χ0v) is 9.19. The van der Waals surface area contributed by atoms with Gasteiger partial charge in [-0.15, -0.1) is 0 Å². The van der Waals surface area contributed by atoms with Gasteiger partial charge in [-0.3, -0.25) is 9.69 Å². The molecule has 0 radical (unpaired) electrons. The minimum Gasteiger partial charge on any atom is -0.480 e. The van der Waals surface area contributed by atoms with Crippen molar-refractivity contribution < 1.29 is 14.6 Å². The lowest BCUT2D eigenvalue weighted by atomic mass is 10.1. The van der Waals surface area contributed by atoms with Gasteiger partial charge in [-0.25, -0.2) is 0 Å². The van der Waals surface area contributed by atoms with Crippen molar-refractivity contribution in [1.29, 1.82) is 0 Å². The quantitative estimate of drug-likeness (QED) is 0.686. The summed E-state index contributed by atoms with van der Waals surface area (Å²) in [6.45, 7) is 4.55. The van der Waals surface area contributed by atoms with Crippen LogP contribution in [0.5, 0.6) is 0 Å². The molecule has 5 nitrogen and oxygen atoms in total. The van der Waals surface area contributed by atoms with Crippen LogP contribution in [-0.4, -0.2) is 54.4 Å². The van der Waals surface area contributed by atoms with Gasteiger partial charge in [0.2, 0.25) is 0 Å². The average molecular weight is 216 g/mol. The third-order valence-electron chi connectivity index (χ3n) is 2.65. The molecule has 15 heavy (non-hydrogen) atoms. The molecule has 2 atom stereocenters. The standard InChI is InChI=1S/C10H20N2O3/c1-8-7-12(5-2-6-15-8)9(3-4-11)10(13)14/h8-9H,2-7,11H2,1H3,(H,13,14). The highest BCUT2D eigenvalue weighted by molar-refractivity contribution is 5.73. The molecule has 0 amide bonds. The predicted molar refractivity (Wildman–Crippen MR) is 56.7 cm³/mol. The summed E-state index contributed by atoms with van der Waals surface area (Å²) in [5, 5.41) is 9.10. The number of hydrogen-bond donors (Lipinski definition) is 2. The van der Waals surface area contributed by atoms with Gasteiger partial charge in [-0.1, -0.05) is 0 Å². The van der Waals surface area contributed by atoms with Crippen LogP contribution in [0.1, 0.15) is 19.8 Å². The van der Waals surface area contributed by atoms with Gasteiger partial charge in [0.1, 0.15) is 6.04 Å². The summed E-state index contributed by atoms with van der Waals surface area (Å²) in [5.74, 6) is -0.783. The summed E-state index contributed by atoms with van der Waals surface area (Å²) in [7, 11) is 0. The van der Waals surface area contributed by atoms with E-state index in [1.165, 1.54) is 0 Å². The summed E-state index contributed by atoms with van der Waals surface area (Å²) < 4.78 is 5.48. The molecule has 1 saturated heterocycles. The molecular formula is C10H20N2O3. The first-order valence-electron chi connectivity index (χ1n) is 5.43. The normalized spacial score (nSPS) is 25.9. The summed E-state index contributed by atoms with van der Waals surface area (Å²) in [6.07, 6.45) is 1.49. The molecule has 0 aromatic carbocycles. The Morgan fingerprint density at radius 1 is 1.73 bits per heavy atom. The lowest BCUT2D eigenvalue weighted by Gasteiger charge is -2.28. The van der Waals surface area contributed by atoms with E-state index in [0.29, 0.717) is 26.1 Å². The van der Waals surface area contributed by atoms with Crippen molar-refractivity contribution in [2.45, 2.75) is 31.9 Å². The zero-order valence-electron chi connectivity index (χ0n) is 9.19. The molecule has 5 heteroatoms. The molecule has 1 fully saturated rings. The molecule has 1 heterocycles. The second-order valence-corrected chi connectivity index (χ2v) is 3.96. The number of rotatable bonds is 4. The number of hydrogen-bond acceptors (Lipinski definition) is 4. The van der Waals surface area contributed by atoms with E-state index in [9.17, 15) is 4.79 Å². The summed E-state index contributed by atoms with van der Waals surface area (Å²) >= 11 is 0. The monoisotopic (exact) mass is 216 g/mol. The number of aliphatic carboxylic acids is 1. The van der Waals surface area contributed by atoms with E-state index in [-0.39, 0.29) is 6.10 Å². The lowest BCUT2D eigenvalue weighted by Crippen LogP contribution is -2.45. The second-order valence-electron chi connectivity index (χ2n) is 3.96. The van der Waals surface area contributed by atoms with Gasteiger partial charge >= 0.3 is 5.97 Å². The fourth-order valence-corrected chi connectivity index (χ4v) is 1.93. The van der Waals surface area contributed by atoms with Crippen molar-refractivity contribution in [2.75, 3.05) is 26.2 Å². The molecule has 0 spiro atoms. The summed E-state index contributed by atoms with van der Waals surface area (Å²) in [5.41, 5.74) is 5.43. The van der Waals surface area contributed by atoms with Crippen LogP contribution >= 0.6 is 0 Å². The highest BCUT2D eigenvalue weighted by atomic mass is 16.5. The van der Waals surface area contributed by atoms with Gasteiger partial charge in [0.15, 0.2) is 0 Å². The van der Waals surface area contributed by atoms with E-state index < -0.39 is 12.0 Å². The topological polar surface area (TPSA) is 75.8 Å². The minimum absolute atomic E-state index is 0.104. The molecule has 1 rings (SSSR count). The van der Waals surface area contributed by atoms with Gasteiger partial charge in [0.25, 0.3) is 0 Å². The van der Waals surface area contributed by atoms with Crippen LogP contribution in [0.25, 0.3) is 0 Å². The molecule has 1 aliphatic rings. The van der Waals surface area contributed by atoms with E-state index in [4.69, 9.17) is 15.6 Å². The maximum atomic E-state index is 11.1. The van der Waals surface area contributed by atoms with Gasteiger partial charge in [0, 0.05) is 19.7 Å². The fraction of sp³-hybridized carbons (Fsp3) is 0.900. The van der Waals surface area contributed by atoms with Crippen molar-refractivity contribution in [1.82, 2.24) is 4.90 Å². The van der Waals surface area contributed by atoms with E-state index in [1.54, 1.807) is 0 Å². The number of carboxylic acid groups (broad SMARTS) is 1. The van der Waals surface area contributed by atoms with E-state index in [1.807, 2.05) is 11.8 Å². The van der Waals surface area contributed by atoms with Crippen LogP contribution in [0.15, 0.2) is 0 Å². The Bertz CT molecular complexity index is 211. The third-order valence-corrected chi connectivity index (χ3v) is 2.65. The maximum Gasteiger partial charge on any atom is 0.320 e. The van der Waals surface area contributed by atoms with Crippen LogP contribution in [0, 0.1) is 0 Å².